The number of amides is 1. The minimum absolute atomic E-state index is 0.0905. The Morgan fingerprint density at radius 3 is 2.69 bits per heavy atom. The summed E-state index contributed by atoms with van der Waals surface area (Å²) in [5, 5.41) is 12.8. The van der Waals surface area contributed by atoms with E-state index in [9.17, 15) is 9.90 Å². The largest absolute Gasteiger partial charge is 0.491 e. The first kappa shape index (κ1) is 24.8. The number of para-hydroxylation sites is 1. The topological polar surface area (TPSA) is 62.2 Å². The molecule has 0 bridgehead atoms. The standard InChI is InChI=1S/C29H34N2O4S/c1-21-6-5-9-25(16-21)35-20-27-26-13-15-36-28(26)12-14-31(27)29(33)18-30(22-10-11-22)17-23(32)19-34-24-7-3-2-4-8-24/h2-9,13,15-16,22-23,27,32H,10-12,14,17-20H2,1H3/t23-,27+/m1/s1. The lowest BCUT2D eigenvalue weighted by Crippen LogP contribution is -2.48. The predicted octanol–water partition coefficient (Wildman–Crippen LogP) is 4.47. The van der Waals surface area contributed by atoms with E-state index in [-0.39, 0.29) is 18.6 Å². The molecule has 7 heteroatoms. The normalized spacial score (nSPS) is 18.1. The number of hydrogen-bond donors (Lipinski definition) is 1. The fraction of sp³-hybridized carbons (Fsp3) is 0.414. The summed E-state index contributed by atoms with van der Waals surface area (Å²) in [5.74, 6) is 1.65. The molecule has 0 saturated heterocycles. The van der Waals surface area contributed by atoms with Crippen molar-refractivity contribution in [2.24, 2.45) is 0 Å². The average molecular weight is 507 g/mol. The van der Waals surface area contributed by atoms with Crippen molar-refractivity contribution >= 4 is 17.2 Å². The number of benzene rings is 2. The number of rotatable bonds is 11. The smallest absolute Gasteiger partial charge is 0.237 e. The molecule has 5 rings (SSSR count). The van der Waals surface area contributed by atoms with Crippen LogP contribution in [-0.4, -0.2) is 65.8 Å². The molecule has 2 aliphatic rings. The zero-order valence-electron chi connectivity index (χ0n) is 20.7. The van der Waals surface area contributed by atoms with E-state index in [4.69, 9.17) is 9.47 Å². The number of fused-ring (bicyclic) bond motifs is 1. The van der Waals surface area contributed by atoms with Crippen LogP contribution in [-0.2, 0) is 11.2 Å². The van der Waals surface area contributed by atoms with Gasteiger partial charge in [0.2, 0.25) is 5.91 Å². The summed E-state index contributed by atoms with van der Waals surface area (Å²) in [6.07, 6.45) is 2.34. The fourth-order valence-electron chi connectivity index (χ4n) is 4.83. The number of hydrogen-bond acceptors (Lipinski definition) is 6. The Morgan fingerprint density at radius 2 is 1.92 bits per heavy atom. The van der Waals surface area contributed by atoms with Crippen molar-refractivity contribution in [2.45, 2.75) is 44.4 Å². The van der Waals surface area contributed by atoms with Gasteiger partial charge < -0.3 is 19.5 Å². The van der Waals surface area contributed by atoms with Crippen LogP contribution in [0.2, 0.25) is 0 Å². The highest BCUT2D eigenvalue weighted by molar-refractivity contribution is 7.10. The highest BCUT2D eigenvalue weighted by atomic mass is 32.1. The van der Waals surface area contributed by atoms with E-state index in [0.717, 1.165) is 36.3 Å². The summed E-state index contributed by atoms with van der Waals surface area (Å²) in [6, 6.07) is 19.9. The summed E-state index contributed by atoms with van der Waals surface area (Å²) >= 11 is 1.76. The Balaban J connectivity index is 1.22. The molecular formula is C29H34N2O4S. The van der Waals surface area contributed by atoms with Crippen molar-refractivity contribution in [3.8, 4) is 11.5 Å². The molecule has 0 unspecified atom stereocenters. The van der Waals surface area contributed by atoms with Gasteiger partial charge in [-0.15, -0.1) is 11.3 Å². The molecule has 1 aliphatic carbocycles. The van der Waals surface area contributed by atoms with Crippen LogP contribution in [0, 0.1) is 6.92 Å². The molecule has 0 radical (unpaired) electrons. The van der Waals surface area contributed by atoms with Gasteiger partial charge in [-0.1, -0.05) is 30.3 Å². The number of carbonyl (C=O) groups excluding carboxylic acids is 1. The van der Waals surface area contributed by atoms with Crippen LogP contribution in [0.1, 0.15) is 34.9 Å². The van der Waals surface area contributed by atoms with Gasteiger partial charge in [0.25, 0.3) is 0 Å². The van der Waals surface area contributed by atoms with Crippen molar-refractivity contribution in [3.05, 3.63) is 82.0 Å². The molecule has 36 heavy (non-hydrogen) atoms. The summed E-state index contributed by atoms with van der Waals surface area (Å²) in [6.45, 7) is 4.09. The summed E-state index contributed by atoms with van der Waals surface area (Å²) in [5.41, 5.74) is 2.34. The number of aliphatic hydroxyl groups excluding tert-OH is 1. The van der Waals surface area contributed by atoms with Crippen molar-refractivity contribution in [1.82, 2.24) is 9.80 Å². The zero-order chi connectivity index (χ0) is 24.9. The minimum Gasteiger partial charge on any atom is -0.491 e. The number of carbonyl (C=O) groups is 1. The van der Waals surface area contributed by atoms with Gasteiger partial charge in [0.05, 0.1) is 12.6 Å². The van der Waals surface area contributed by atoms with Crippen LogP contribution >= 0.6 is 11.3 Å². The highest BCUT2D eigenvalue weighted by Gasteiger charge is 2.36. The molecule has 2 heterocycles. The van der Waals surface area contributed by atoms with Gasteiger partial charge in [0.15, 0.2) is 0 Å². The van der Waals surface area contributed by atoms with E-state index in [0.29, 0.717) is 32.3 Å². The summed E-state index contributed by atoms with van der Waals surface area (Å²) < 4.78 is 11.9. The van der Waals surface area contributed by atoms with Gasteiger partial charge in [-0.2, -0.15) is 0 Å². The highest BCUT2D eigenvalue weighted by Crippen LogP contribution is 2.35. The van der Waals surface area contributed by atoms with Crippen LogP contribution in [0.5, 0.6) is 11.5 Å². The third-order valence-electron chi connectivity index (χ3n) is 6.85. The van der Waals surface area contributed by atoms with Gasteiger partial charge >= 0.3 is 0 Å². The average Bonchev–Trinajstić information content (AvgIpc) is 3.62. The maximum atomic E-state index is 13.6. The van der Waals surface area contributed by atoms with Gasteiger partial charge in [0.1, 0.15) is 30.8 Å². The van der Waals surface area contributed by atoms with E-state index in [1.807, 2.05) is 66.4 Å². The van der Waals surface area contributed by atoms with Crippen LogP contribution in [0.4, 0.5) is 0 Å². The number of ether oxygens (including phenoxy) is 2. The van der Waals surface area contributed by atoms with Crippen molar-refractivity contribution in [1.29, 1.82) is 0 Å². The quantitative estimate of drug-likeness (QED) is 0.416. The lowest BCUT2D eigenvalue weighted by molar-refractivity contribution is -0.136. The Hall–Kier alpha value is -2.87. The fourth-order valence-corrected chi connectivity index (χ4v) is 5.76. The van der Waals surface area contributed by atoms with Gasteiger partial charge in [0, 0.05) is 24.0 Å². The lowest BCUT2D eigenvalue weighted by atomic mass is 10.0. The molecule has 190 valence electrons. The lowest BCUT2D eigenvalue weighted by Gasteiger charge is -2.37. The first-order valence-electron chi connectivity index (χ1n) is 12.7. The minimum atomic E-state index is -0.663. The second-order valence-corrected chi connectivity index (χ2v) is 10.7. The maximum absolute atomic E-state index is 13.6. The van der Waals surface area contributed by atoms with E-state index in [1.54, 1.807) is 11.3 Å². The maximum Gasteiger partial charge on any atom is 0.237 e. The molecule has 1 amide bonds. The molecule has 2 atom stereocenters. The van der Waals surface area contributed by atoms with E-state index >= 15 is 0 Å². The predicted molar refractivity (Wildman–Crippen MR) is 142 cm³/mol. The zero-order valence-corrected chi connectivity index (χ0v) is 21.5. The van der Waals surface area contributed by atoms with E-state index in [2.05, 4.69) is 16.3 Å². The summed E-state index contributed by atoms with van der Waals surface area (Å²) in [4.78, 5) is 19.1. The Labute approximate surface area is 217 Å². The summed E-state index contributed by atoms with van der Waals surface area (Å²) in [7, 11) is 0. The number of nitrogens with zero attached hydrogens (tertiary/aromatic N) is 2. The van der Waals surface area contributed by atoms with Crippen LogP contribution in [0.25, 0.3) is 0 Å². The molecule has 3 aromatic rings. The van der Waals surface area contributed by atoms with Crippen molar-refractivity contribution in [3.63, 3.8) is 0 Å². The molecule has 1 aliphatic heterocycles. The van der Waals surface area contributed by atoms with E-state index < -0.39 is 6.10 Å². The number of thiophene rings is 1. The second-order valence-electron chi connectivity index (χ2n) is 9.72. The first-order chi connectivity index (χ1) is 17.6. The Bertz CT molecular complexity index is 1150. The van der Waals surface area contributed by atoms with E-state index in [1.165, 1.54) is 10.4 Å². The molecule has 6 nitrogen and oxygen atoms in total. The molecular weight excluding hydrogens is 472 g/mol. The Kier molecular flexibility index (Phi) is 7.90. The van der Waals surface area contributed by atoms with Gasteiger partial charge in [-0.3, -0.25) is 9.69 Å². The SMILES string of the molecule is Cc1cccc(OC[C@H]2c3ccsc3CCN2C(=O)CN(C[C@@H](O)COc2ccccc2)C2CC2)c1. The third-order valence-corrected chi connectivity index (χ3v) is 7.84. The van der Waals surface area contributed by atoms with Crippen molar-refractivity contribution < 1.29 is 19.4 Å². The molecule has 1 aromatic heterocycles. The number of aryl methyl sites for hydroxylation is 1. The van der Waals surface area contributed by atoms with Gasteiger partial charge in [-0.25, -0.2) is 0 Å². The molecule has 2 aromatic carbocycles. The molecule has 0 spiro atoms. The first-order valence-corrected chi connectivity index (χ1v) is 13.6. The van der Waals surface area contributed by atoms with Crippen molar-refractivity contribution in [2.75, 3.05) is 32.8 Å². The van der Waals surface area contributed by atoms with Crippen LogP contribution in [0.3, 0.4) is 0 Å². The Morgan fingerprint density at radius 1 is 1.11 bits per heavy atom. The molecule has 1 N–H and O–H groups in total. The number of aliphatic hydroxyl groups is 1. The third kappa shape index (κ3) is 6.27. The monoisotopic (exact) mass is 506 g/mol. The van der Waals surface area contributed by atoms with Gasteiger partial charge in [-0.05, 0) is 73.0 Å². The molecule has 1 saturated carbocycles. The van der Waals surface area contributed by atoms with Crippen LogP contribution in [0.15, 0.2) is 66.0 Å². The van der Waals surface area contributed by atoms with Crippen LogP contribution < -0.4 is 9.47 Å². The second kappa shape index (κ2) is 11.5. The molecule has 1 fully saturated rings.